The summed E-state index contributed by atoms with van der Waals surface area (Å²) in [7, 11) is 0. The first-order chi connectivity index (χ1) is 11.6. The van der Waals surface area contributed by atoms with Crippen molar-refractivity contribution in [2.24, 2.45) is 0 Å². The predicted molar refractivity (Wildman–Crippen MR) is 87.8 cm³/mol. The molecule has 0 bridgehead atoms. The molecule has 0 saturated heterocycles. The van der Waals surface area contributed by atoms with E-state index in [4.69, 9.17) is 0 Å². The highest BCUT2D eigenvalue weighted by Gasteiger charge is 2.15. The van der Waals surface area contributed by atoms with Crippen LogP contribution in [0.1, 0.15) is 28.4 Å². The van der Waals surface area contributed by atoms with Crippen LogP contribution in [0.15, 0.2) is 54.6 Å². The van der Waals surface area contributed by atoms with Crippen molar-refractivity contribution in [3.63, 3.8) is 0 Å². The Bertz CT molecular complexity index is 674. The number of rotatable bonds is 7. The lowest BCUT2D eigenvalue weighted by Crippen LogP contribution is -2.32. The SMILES string of the molecule is O=C(NCCCNC(=O)C(O)c1ccccc1)c1ccc(F)cc1. The first-order valence-electron chi connectivity index (χ1n) is 7.62. The van der Waals surface area contributed by atoms with Crippen LogP contribution in [0.3, 0.4) is 0 Å². The summed E-state index contributed by atoms with van der Waals surface area (Å²) in [6.45, 7) is 0.685. The van der Waals surface area contributed by atoms with Gasteiger partial charge in [-0.25, -0.2) is 4.39 Å². The van der Waals surface area contributed by atoms with Crippen molar-refractivity contribution < 1.29 is 19.1 Å². The summed E-state index contributed by atoms with van der Waals surface area (Å²) in [4.78, 5) is 23.6. The predicted octanol–water partition coefficient (Wildman–Crippen LogP) is 1.80. The highest BCUT2D eigenvalue weighted by atomic mass is 19.1. The van der Waals surface area contributed by atoms with E-state index in [9.17, 15) is 19.1 Å². The van der Waals surface area contributed by atoms with Crippen LogP contribution in [0.2, 0.25) is 0 Å². The van der Waals surface area contributed by atoms with Crippen LogP contribution in [0.5, 0.6) is 0 Å². The highest BCUT2D eigenvalue weighted by Crippen LogP contribution is 2.11. The third-order valence-corrected chi connectivity index (χ3v) is 3.41. The Morgan fingerprint density at radius 1 is 0.958 bits per heavy atom. The maximum atomic E-state index is 12.8. The van der Waals surface area contributed by atoms with Gasteiger partial charge in [0.25, 0.3) is 11.8 Å². The minimum atomic E-state index is -1.21. The molecule has 0 fully saturated rings. The molecule has 0 aliphatic carbocycles. The average molecular weight is 330 g/mol. The lowest BCUT2D eigenvalue weighted by molar-refractivity contribution is -0.129. The summed E-state index contributed by atoms with van der Waals surface area (Å²) in [6.07, 6.45) is -0.694. The molecule has 2 aromatic rings. The molecule has 0 aliphatic heterocycles. The zero-order chi connectivity index (χ0) is 17.4. The first-order valence-corrected chi connectivity index (χ1v) is 7.62. The van der Waals surface area contributed by atoms with Crippen molar-refractivity contribution in [2.75, 3.05) is 13.1 Å². The Morgan fingerprint density at radius 2 is 1.58 bits per heavy atom. The van der Waals surface area contributed by atoms with E-state index in [-0.39, 0.29) is 5.91 Å². The highest BCUT2D eigenvalue weighted by molar-refractivity contribution is 5.94. The first kappa shape index (κ1) is 17.6. The summed E-state index contributed by atoms with van der Waals surface area (Å²) in [5.74, 6) is -1.18. The summed E-state index contributed by atoms with van der Waals surface area (Å²) in [5.41, 5.74) is 0.902. The van der Waals surface area contributed by atoms with E-state index < -0.39 is 17.8 Å². The molecule has 0 aromatic heterocycles. The van der Waals surface area contributed by atoms with Gasteiger partial charge in [0.1, 0.15) is 5.82 Å². The zero-order valence-electron chi connectivity index (χ0n) is 13.0. The quantitative estimate of drug-likeness (QED) is 0.677. The summed E-state index contributed by atoms with van der Waals surface area (Å²) in [5, 5.41) is 15.2. The van der Waals surface area contributed by atoms with Gasteiger partial charge in [0.2, 0.25) is 0 Å². The number of amides is 2. The molecule has 2 amide bonds. The average Bonchev–Trinajstić information content (AvgIpc) is 2.61. The molecule has 0 aliphatic rings. The standard InChI is InChI=1S/C18H19FN2O3/c19-15-9-7-14(8-10-15)17(23)20-11-4-12-21-18(24)16(22)13-5-2-1-3-6-13/h1-3,5-10,16,22H,4,11-12H2,(H,20,23)(H,21,24). The van der Waals surface area contributed by atoms with E-state index in [2.05, 4.69) is 10.6 Å². The number of aliphatic hydroxyl groups excluding tert-OH is 1. The van der Waals surface area contributed by atoms with Crippen LogP contribution in [-0.4, -0.2) is 30.0 Å². The molecule has 24 heavy (non-hydrogen) atoms. The van der Waals surface area contributed by atoms with Gasteiger partial charge in [0.15, 0.2) is 6.10 Å². The number of carbonyl (C=O) groups is 2. The minimum absolute atomic E-state index is 0.300. The maximum absolute atomic E-state index is 12.8. The third kappa shape index (κ3) is 5.17. The Morgan fingerprint density at radius 3 is 2.25 bits per heavy atom. The number of nitrogens with one attached hydrogen (secondary N) is 2. The molecule has 5 nitrogen and oxygen atoms in total. The fourth-order valence-electron chi connectivity index (χ4n) is 2.09. The largest absolute Gasteiger partial charge is 0.378 e. The van der Waals surface area contributed by atoms with E-state index in [1.807, 2.05) is 0 Å². The Kier molecular flexibility index (Phi) is 6.45. The molecular weight excluding hydrogens is 311 g/mol. The lowest BCUT2D eigenvalue weighted by atomic mass is 10.1. The molecule has 0 radical (unpaired) electrons. The Balaban J connectivity index is 1.66. The van der Waals surface area contributed by atoms with Crippen molar-refractivity contribution in [1.82, 2.24) is 10.6 Å². The number of hydrogen-bond acceptors (Lipinski definition) is 3. The van der Waals surface area contributed by atoms with Crippen molar-refractivity contribution >= 4 is 11.8 Å². The van der Waals surface area contributed by atoms with Crippen LogP contribution in [0.25, 0.3) is 0 Å². The molecule has 1 atom stereocenters. The number of halogens is 1. The summed E-state index contributed by atoms with van der Waals surface area (Å²) in [6, 6.07) is 13.9. The van der Waals surface area contributed by atoms with Gasteiger partial charge in [-0.3, -0.25) is 9.59 Å². The van der Waals surface area contributed by atoms with Gasteiger partial charge < -0.3 is 15.7 Å². The van der Waals surface area contributed by atoms with Gasteiger partial charge in [-0.15, -0.1) is 0 Å². The molecule has 0 spiro atoms. The minimum Gasteiger partial charge on any atom is -0.378 e. The molecule has 126 valence electrons. The van der Waals surface area contributed by atoms with Crippen LogP contribution >= 0.6 is 0 Å². The van der Waals surface area contributed by atoms with E-state index in [1.54, 1.807) is 30.3 Å². The van der Waals surface area contributed by atoms with Crippen molar-refractivity contribution in [3.8, 4) is 0 Å². The molecule has 6 heteroatoms. The Hall–Kier alpha value is -2.73. The molecule has 3 N–H and O–H groups in total. The third-order valence-electron chi connectivity index (χ3n) is 3.41. The molecule has 1 unspecified atom stereocenters. The number of aliphatic hydroxyl groups is 1. The van der Waals surface area contributed by atoms with Gasteiger partial charge in [0, 0.05) is 18.7 Å². The van der Waals surface area contributed by atoms with Crippen molar-refractivity contribution in [2.45, 2.75) is 12.5 Å². The van der Waals surface area contributed by atoms with Crippen LogP contribution in [-0.2, 0) is 4.79 Å². The molecule has 2 aromatic carbocycles. The van der Waals surface area contributed by atoms with Crippen molar-refractivity contribution in [3.05, 3.63) is 71.5 Å². The van der Waals surface area contributed by atoms with E-state index in [1.165, 1.54) is 24.3 Å². The van der Waals surface area contributed by atoms with Gasteiger partial charge in [-0.05, 0) is 36.2 Å². The van der Waals surface area contributed by atoms with Gasteiger partial charge >= 0.3 is 0 Å². The van der Waals surface area contributed by atoms with E-state index >= 15 is 0 Å². The number of hydrogen-bond donors (Lipinski definition) is 3. The smallest absolute Gasteiger partial charge is 0.253 e. The fourth-order valence-corrected chi connectivity index (χ4v) is 2.09. The fraction of sp³-hybridized carbons (Fsp3) is 0.222. The van der Waals surface area contributed by atoms with E-state index in [0.717, 1.165) is 0 Å². The molecular formula is C18H19FN2O3. The normalized spacial score (nSPS) is 11.6. The summed E-state index contributed by atoms with van der Waals surface area (Å²) < 4.78 is 12.8. The topological polar surface area (TPSA) is 78.4 Å². The zero-order valence-corrected chi connectivity index (χ0v) is 13.0. The van der Waals surface area contributed by atoms with E-state index in [0.29, 0.717) is 30.6 Å². The molecule has 2 rings (SSSR count). The van der Waals surface area contributed by atoms with Gasteiger partial charge in [0.05, 0.1) is 0 Å². The van der Waals surface area contributed by atoms with Crippen LogP contribution in [0, 0.1) is 5.82 Å². The second-order valence-electron chi connectivity index (χ2n) is 5.22. The number of carbonyl (C=O) groups excluding carboxylic acids is 2. The van der Waals surface area contributed by atoms with Crippen molar-refractivity contribution in [1.29, 1.82) is 0 Å². The maximum Gasteiger partial charge on any atom is 0.253 e. The monoisotopic (exact) mass is 330 g/mol. The van der Waals surface area contributed by atoms with Crippen LogP contribution in [0.4, 0.5) is 4.39 Å². The Labute approximate surface area is 139 Å². The number of benzene rings is 2. The second kappa shape index (κ2) is 8.79. The van der Waals surface area contributed by atoms with Gasteiger partial charge in [-0.2, -0.15) is 0 Å². The molecule has 0 heterocycles. The van der Waals surface area contributed by atoms with Gasteiger partial charge in [-0.1, -0.05) is 30.3 Å². The summed E-state index contributed by atoms with van der Waals surface area (Å²) >= 11 is 0. The second-order valence-corrected chi connectivity index (χ2v) is 5.22. The molecule has 0 saturated carbocycles. The van der Waals surface area contributed by atoms with Crippen LogP contribution < -0.4 is 10.6 Å². The lowest BCUT2D eigenvalue weighted by Gasteiger charge is -2.11.